The predicted octanol–water partition coefficient (Wildman–Crippen LogP) is 3.82. The molecule has 4 rings (SSSR count). The minimum absolute atomic E-state index is 0. The highest BCUT2D eigenvalue weighted by atomic mass is 35.5. The maximum absolute atomic E-state index is 12.6. The number of carbonyl (C=O) groups excluding carboxylic acids is 1. The second-order valence-corrected chi connectivity index (χ2v) is 6.93. The van der Waals surface area contributed by atoms with E-state index >= 15 is 0 Å². The third-order valence-electron chi connectivity index (χ3n) is 5.59. The molecule has 1 atom stereocenters. The van der Waals surface area contributed by atoms with Gasteiger partial charge in [-0.15, -0.1) is 12.4 Å². The fourth-order valence-electron chi connectivity index (χ4n) is 4.26. The Morgan fingerprint density at radius 2 is 2.17 bits per heavy atom. The normalized spacial score (nSPS) is 21.5. The van der Waals surface area contributed by atoms with Crippen molar-refractivity contribution >= 4 is 29.3 Å². The van der Waals surface area contributed by atoms with Crippen LogP contribution in [0.15, 0.2) is 18.2 Å². The molecule has 2 heterocycles. The number of aryl methyl sites for hydroxylation is 1. The van der Waals surface area contributed by atoms with Crippen molar-refractivity contribution in [3.8, 4) is 0 Å². The van der Waals surface area contributed by atoms with Gasteiger partial charge in [0.05, 0.1) is 18.1 Å². The SMILES string of the molecule is CCOC(=O)C1(C2NCCc3c2[nH]c2ccc(C)cc32)CCC1.Cl. The second kappa shape index (κ2) is 6.41. The molecule has 0 saturated heterocycles. The van der Waals surface area contributed by atoms with Gasteiger partial charge in [-0.3, -0.25) is 4.79 Å². The lowest BCUT2D eigenvalue weighted by Gasteiger charge is -2.46. The van der Waals surface area contributed by atoms with Crippen molar-refractivity contribution in [2.24, 2.45) is 5.41 Å². The number of nitrogens with one attached hydrogen (secondary N) is 2. The Labute approximate surface area is 148 Å². The summed E-state index contributed by atoms with van der Waals surface area (Å²) >= 11 is 0. The molecule has 1 fully saturated rings. The Balaban J connectivity index is 0.00000169. The van der Waals surface area contributed by atoms with Gasteiger partial charge < -0.3 is 15.0 Å². The molecular formula is C19H25ClN2O2. The zero-order valence-corrected chi connectivity index (χ0v) is 15.1. The van der Waals surface area contributed by atoms with Crippen LogP contribution in [0.1, 0.15) is 49.0 Å². The summed E-state index contributed by atoms with van der Waals surface area (Å²) in [6, 6.07) is 6.59. The minimum atomic E-state index is -0.388. The number of benzene rings is 1. The van der Waals surface area contributed by atoms with Crippen molar-refractivity contribution in [1.29, 1.82) is 0 Å². The molecule has 0 amide bonds. The molecular weight excluding hydrogens is 324 g/mol. The molecule has 1 saturated carbocycles. The number of rotatable bonds is 3. The number of ether oxygens (including phenoxy) is 1. The Kier molecular flexibility index (Phi) is 4.63. The number of hydrogen-bond donors (Lipinski definition) is 2. The summed E-state index contributed by atoms with van der Waals surface area (Å²) in [6.45, 7) is 5.38. The summed E-state index contributed by atoms with van der Waals surface area (Å²) in [5, 5.41) is 4.91. The zero-order chi connectivity index (χ0) is 16.0. The maximum Gasteiger partial charge on any atom is 0.314 e. The summed E-state index contributed by atoms with van der Waals surface area (Å²) < 4.78 is 5.42. The van der Waals surface area contributed by atoms with Crippen LogP contribution in [0.3, 0.4) is 0 Å². The van der Waals surface area contributed by atoms with Gasteiger partial charge in [-0.1, -0.05) is 18.1 Å². The van der Waals surface area contributed by atoms with E-state index in [-0.39, 0.29) is 29.8 Å². The molecule has 0 spiro atoms. The Bertz CT molecular complexity index is 764. The molecule has 4 nitrogen and oxygen atoms in total. The molecule has 0 radical (unpaired) electrons. The third kappa shape index (κ3) is 2.44. The van der Waals surface area contributed by atoms with E-state index in [0.717, 1.165) is 32.2 Å². The van der Waals surface area contributed by atoms with Crippen molar-refractivity contribution in [2.45, 2.75) is 45.6 Å². The summed E-state index contributed by atoms with van der Waals surface area (Å²) in [4.78, 5) is 16.2. The van der Waals surface area contributed by atoms with Crippen LogP contribution in [0.5, 0.6) is 0 Å². The van der Waals surface area contributed by atoms with Crippen molar-refractivity contribution in [3.63, 3.8) is 0 Å². The highest BCUT2D eigenvalue weighted by Crippen LogP contribution is 2.53. The predicted molar refractivity (Wildman–Crippen MR) is 97.6 cm³/mol. The molecule has 24 heavy (non-hydrogen) atoms. The lowest BCUT2D eigenvalue weighted by molar-refractivity contribution is -0.164. The summed E-state index contributed by atoms with van der Waals surface area (Å²) in [6.07, 6.45) is 3.94. The van der Waals surface area contributed by atoms with Crippen LogP contribution in [0.4, 0.5) is 0 Å². The van der Waals surface area contributed by atoms with Crippen LogP contribution in [-0.4, -0.2) is 24.1 Å². The number of aromatic nitrogens is 1. The van der Waals surface area contributed by atoms with Crippen molar-refractivity contribution in [3.05, 3.63) is 35.0 Å². The number of hydrogen-bond acceptors (Lipinski definition) is 3. The number of H-pyrrole nitrogens is 1. The molecule has 2 aromatic rings. The van der Waals surface area contributed by atoms with Gasteiger partial charge in [-0.2, -0.15) is 0 Å². The fourth-order valence-corrected chi connectivity index (χ4v) is 4.26. The molecule has 1 aromatic carbocycles. The first-order chi connectivity index (χ1) is 11.2. The maximum atomic E-state index is 12.6. The largest absolute Gasteiger partial charge is 0.466 e. The van der Waals surface area contributed by atoms with Gasteiger partial charge in [0.15, 0.2) is 0 Å². The van der Waals surface area contributed by atoms with Crippen LogP contribution in [0.25, 0.3) is 10.9 Å². The highest BCUT2D eigenvalue weighted by molar-refractivity contribution is 5.87. The monoisotopic (exact) mass is 348 g/mol. The van der Waals surface area contributed by atoms with E-state index in [1.807, 2.05) is 6.92 Å². The molecule has 1 aliphatic carbocycles. The zero-order valence-electron chi connectivity index (χ0n) is 14.3. The number of halogens is 1. The molecule has 1 unspecified atom stereocenters. The second-order valence-electron chi connectivity index (χ2n) is 6.93. The summed E-state index contributed by atoms with van der Waals surface area (Å²) in [7, 11) is 0. The molecule has 2 aliphatic rings. The Hall–Kier alpha value is -1.52. The van der Waals surface area contributed by atoms with E-state index in [4.69, 9.17) is 4.74 Å². The summed E-state index contributed by atoms with van der Waals surface area (Å²) in [5.74, 6) is -0.0357. The third-order valence-corrected chi connectivity index (χ3v) is 5.59. The highest BCUT2D eigenvalue weighted by Gasteiger charge is 2.53. The average Bonchev–Trinajstić information content (AvgIpc) is 2.85. The van der Waals surface area contributed by atoms with Crippen molar-refractivity contribution < 1.29 is 9.53 Å². The van der Waals surface area contributed by atoms with Gasteiger partial charge in [-0.25, -0.2) is 0 Å². The standard InChI is InChI=1S/C19H24N2O2.ClH/c1-3-23-18(22)19(8-4-9-19)17-16-13(7-10-20-17)14-11-12(2)5-6-15(14)21-16;/h5-6,11,17,20-21H,3-4,7-10H2,1-2H3;1H. The van der Waals surface area contributed by atoms with Gasteiger partial charge in [0.2, 0.25) is 0 Å². The number of carbonyl (C=O) groups is 1. The molecule has 0 bridgehead atoms. The minimum Gasteiger partial charge on any atom is -0.466 e. The molecule has 2 N–H and O–H groups in total. The smallest absolute Gasteiger partial charge is 0.314 e. The quantitative estimate of drug-likeness (QED) is 0.829. The topological polar surface area (TPSA) is 54.1 Å². The average molecular weight is 349 g/mol. The van der Waals surface area contributed by atoms with Gasteiger partial charge in [0.1, 0.15) is 0 Å². The van der Waals surface area contributed by atoms with E-state index in [9.17, 15) is 4.79 Å². The van der Waals surface area contributed by atoms with E-state index in [1.54, 1.807) is 0 Å². The molecule has 5 heteroatoms. The molecule has 130 valence electrons. The fraction of sp³-hybridized carbons (Fsp3) is 0.526. The van der Waals surface area contributed by atoms with E-state index in [2.05, 4.69) is 35.4 Å². The van der Waals surface area contributed by atoms with Crippen LogP contribution < -0.4 is 5.32 Å². The van der Waals surface area contributed by atoms with Crippen LogP contribution in [0, 0.1) is 12.3 Å². The number of esters is 1. The van der Waals surface area contributed by atoms with Crippen LogP contribution in [0.2, 0.25) is 0 Å². The van der Waals surface area contributed by atoms with Crippen molar-refractivity contribution in [1.82, 2.24) is 10.3 Å². The lowest BCUT2D eigenvalue weighted by Crippen LogP contribution is -2.51. The Morgan fingerprint density at radius 1 is 1.38 bits per heavy atom. The van der Waals surface area contributed by atoms with Crippen LogP contribution in [-0.2, 0) is 16.0 Å². The lowest BCUT2D eigenvalue weighted by atomic mass is 9.62. The van der Waals surface area contributed by atoms with E-state index in [1.165, 1.54) is 27.7 Å². The number of aromatic amines is 1. The first kappa shape index (κ1) is 17.3. The van der Waals surface area contributed by atoms with Crippen LogP contribution >= 0.6 is 12.4 Å². The van der Waals surface area contributed by atoms with Crippen molar-refractivity contribution in [2.75, 3.05) is 13.2 Å². The molecule has 1 aliphatic heterocycles. The summed E-state index contributed by atoms with van der Waals surface area (Å²) in [5.41, 5.74) is 4.64. The van der Waals surface area contributed by atoms with Gasteiger partial charge in [0, 0.05) is 16.6 Å². The first-order valence-electron chi connectivity index (χ1n) is 8.67. The van der Waals surface area contributed by atoms with Gasteiger partial charge >= 0.3 is 5.97 Å². The van der Waals surface area contributed by atoms with E-state index < -0.39 is 0 Å². The Morgan fingerprint density at radius 3 is 2.83 bits per heavy atom. The molecule has 1 aromatic heterocycles. The van der Waals surface area contributed by atoms with Gasteiger partial charge in [-0.05, 0) is 57.4 Å². The number of fused-ring (bicyclic) bond motifs is 3. The van der Waals surface area contributed by atoms with E-state index in [0.29, 0.717) is 6.61 Å². The van der Waals surface area contributed by atoms with Gasteiger partial charge in [0.25, 0.3) is 0 Å². The first-order valence-corrected chi connectivity index (χ1v) is 8.67.